The lowest BCUT2D eigenvalue weighted by atomic mass is 10.1. The van der Waals surface area contributed by atoms with Gasteiger partial charge in [0, 0.05) is 21.3 Å². The Morgan fingerprint density at radius 3 is 2.43 bits per heavy atom. The van der Waals surface area contributed by atoms with E-state index >= 15 is 0 Å². The van der Waals surface area contributed by atoms with E-state index in [4.69, 9.17) is 4.74 Å². The molecular weight excluding hydrogens is 420 g/mol. The quantitative estimate of drug-likeness (QED) is 0.635. The molecule has 0 fully saturated rings. The standard InChI is InChI=1S/C22H27BrN2O3/c1-14(2)13-28-19-10-9-16(23)12-18(19)21(27)24-17-8-6-7-15(11-17)20(26)25-22(3,4)5/h6-12,14H,13H2,1-5H3,(H,24,27)(H,25,26). The summed E-state index contributed by atoms with van der Waals surface area (Å²) in [6.45, 7) is 10.4. The number of halogens is 1. The van der Waals surface area contributed by atoms with Gasteiger partial charge in [0.25, 0.3) is 11.8 Å². The van der Waals surface area contributed by atoms with E-state index in [1.54, 1.807) is 36.4 Å². The van der Waals surface area contributed by atoms with Crippen molar-refractivity contribution in [2.24, 2.45) is 5.92 Å². The van der Waals surface area contributed by atoms with Gasteiger partial charge in [-0.15, -0.1) is 0 Å². The second-order valence-electron chi connectivity index (χ2n) is 8.08. The van der Waals surface area contributed by atoms with E-state index in [0.717, 1.165) is 4.47 Å². The maximum absolute atomic E-state index is 12.8. The summed E-state index contributed by atoms with van der Waals surface area (Å²) in [6.07, 6.45) is 0. The minimum absolute atomic E-state index is 0.188. The third kappa shape index (κ3) is 6.68. The third-order valence-electron chi connectivity index (χ3n) is 3.63. The molecule has 0 radical (unpaired) electrons. The van der Waals surface area contributed by atoms with Crippen molar-refractivity contribution < 1.29 is 14.3 Å². The Bertz CT molecular complexity index is 857. The van der Waals surface area contributed by atoms with Crippen molar-refractivity contribution in [2.45, 2.75) is 40.2 Å². The highest BCUT2D eigenvalue weighted by atomic mass is 79.9. The summed E-state index contributed by atoms with van der Waals surface area (Å²) in [5.41, 5.74) is 1.12. The van der Waals surface area contributed by atoms with E-state index in [9.17, 15) is 9.59 Å². The summed E-state index contributed by atoms with van der Waals surface area (Å²) < 4.78 is 6.57. The van der Waals surface area contributed by atoms with E-state index < -0.39 is 0 Å². The summed E-state index contributed by atoms with van der Waals surface area (Å²) in [4.78, 5) is 25.2. The molecule has 0 saturated heterocycles. The average molecular weight is 447 g/mol. The topological polar surface area (TPSA) is 67.4 Å². The molecule has 0 aliphatic rings. The summed E-state index contributed by atoms with van der Waals surface area (Å²) >= 11 is 3.40. The van der Waals surface area contributed by atoms with Crippen LogP contribution in [0.5, 0.6) is 5.75 Å². The van der Waals surface area contributed by atoms with Gasteiger partial charge >= 0.3 is 0 Å². The molecule has 2 N–H and O–H groups in total. The zero-order valence-corrected chi connectivity index (χ0v) is 18.5. The minimum Gasteiger partial charge on any atom is -0.492 e. The first-order valence-electron chi connectivity index (χ1n) is 9.21. The molecule has 2 aromatic rings. The maximum Gasteiger partial charge on any atom is 0.259 e. The molecule has 2 amide bonds. The number of ether oxygens (including phenoxy) is 1. The van der Waals surface area contributed by atoms with Gasteiger partial charge in [-0.1, -0.05) is 35.8 Å². The predicted octanol–water partition coefficient (Wildman–Crippen LogP) is 5.26. The van der Waals surface area contributed by atoms with E-state index in [-0.39, 0.29) is 17.4 Å². The monoisotopic (exact) mass is 446 g/mol. The fourth-order valence-electron chi connectivity index (χ4n) is 2.41. The Kier molecular flexibility index (Phi) is 7.24. The van der Waals surface area contributed by atoms with Crippen LogP contribution >= 0.6 is 15.9 Å². The van der Waals surface area contributed by atoms with Crippen molar-refractivity contribution in [2.75, 3.05) is 11.9 Å². The van der Waals surface area contributed by atoms with Crippen LogP contribution in [0, 0.1) is 5.92 Å². The first-order valence-corrected chi connectivity index (χ1v) is 10.0. The minimum atomic E-state index is -0.338. The molecule has 6 heteroatoms. The Balaban J connectivity index is 2.20. The molecule has 150 valence electrons. The number of benzene rings is 2. The summed E-state index contributed by atoms with van der Waals surface area (Å²) in [6, 6.07) is 12.2. The molecule has 0 saturated carbocycles. The number of rotatable bonds is 6. The molecule has 5 nitrogen and oxygen atoms in total. The van der Waals surface area contributed by atoms with Gasteiger partial charge < -0.3 is 15.4 Å². The van der Waals surface area contributed by atoms with Crippen LogP contribution in [0.2, 0.25) is 0 Å². The molecule has 0 atom stereocenters. The lowest BCUT2D eigenvalue weighted by Crippen LogP contribution is -2.40. The van der Waals surface area contributed by atoms with Crippen LogP contribution in [0.25, 0.3) is 0 Å². The zero-order chi connectivity index (χ0) is 20.9. The molecule has 2 aromatic carbocycles. The normalized spacial score (nSPS) is 11.2. The fraction of sp³-hybridized carbons (Fsp3) is 0.364. The lowest BCUT2D eigenvalue weighted by molar-refractivity contribution is 0.0918. The van der Waals surface area contributed by atoms with Gasteiger partial charge in [0.15, 0.2) is 0 Å². The number of anilines is 1. The fourth-order valence-corrected chi connectivity index (χ4v) is 2.77. The SMILES string of the molecule is CC(C)COc1ccc(Br)cc1C(=O)Nc1cccc(C(=O)NC(C)(C)C)c1. The highest BCUT2D eigenvalue weighted by Crippen LogP contribution is 2.25. The van der Waals surface area contributed by atoms with E-state index in [1.807, 2.05) is 40.7 Å². The molecule has 0 spiro atoms. The lowest BCUT2D eigenvalue weighted by Gasteiger charge is -2.20. The number of nitrogens with one attached hydrogen (secondary N) is 2. The molecule has 2 rings (SSSR count). The number of amides is 2. The molecule has 0 unspecified atom stereocenters. The maximum atomic E-state index is 12.8. The van der Waals surface area contributed by atoms with Crippen molar-refractivity contribution in [1.82, 2.24) is 5.32 Å². The summed E-state index contributed by atoms with van der Waals surface area (Å²) in [5.74, 6) is 0.383. The molecular formula is C22H27BrN2O3. The first kappa shape index (κ1) is 22.0. The van der Waals surface area contributed by atoms with Crippen LogP contribution in [0.4, 0.5) is 5.69 Å². The van der Waals surface area contributed by atoms with E-state index in [1.165, 1.54) is 0 Å². The number of hydrogen-bond donors (Lipinski definition) is 2. The van der Waals surface area contributed by atoms with Crippen LogP contribution in [-0.4, -0.2) is 24.0 Å². The molecule has 0 aliphatic carbocycles. The van der Waals surface area contributed by atoms with Gasteiger partial charge in [0.05, 0.1) is 12.2 Å². The van der Waals surface area contributed by atoms with Gasteiger partial charge in [0.1, 0.15) is 5.75 Å². The average Bonchev–Trinajstić information content (AvgIpc) is 2.59. The summed E-state index contributed by atoms with van der Waals surface area (Å²) in [5, 5.41) is 5.77. The van der Waals surface area contributed by atoms with E-state index in [0.29, 0.717) is 35.1 Å². The molecule has 0 bridgehead atoms. The van der Waals surface area contributed by atoms with Gasteiger partial charge in [-0.2, -0.15) is 0 Å². The Morgan fingerprint density at radius 1 is 1.07 bits per heavy atom. The van der Waals surface area contributed by atoms with Crippen molar-refractivity contribution in [1.29, 1.82) is 0 Å². The van der Waals surface area contributed by atoms with Crippen LogP contribution in [-0.2, 0) is 0 Å². The highest BCUT2D eigenvalue weighted by Gasteiger charge is 2.17. The van der Waals surface area contributed by atoms with Gasteiger partial charge in [0.2, 0.25) is 0 Å². The number of hydrogen-bond acceptors (Lipinski definition) is 3. The summed E-state index contributed by atoms with van der Waals surface area (Å²) in [7, 11) is 0. The first-order chi connectivity index (χ1) is 13.0. The van der Waals surface area contributed by atoms with Gasteiger partial charge in [-0.25, -0.2) is 0 Å². The molecule has 0 heterocycles. The molecule has 0 aliphatic heterocycles. The Labute approximate surface area is 175 Å². The van der Waals surface area contributed by atoms with Crippen LogP contribution in [0.1, 0.15) is 55.3 Å². The van der Waals surface area contributed by atoms with Crippen molar-refractivity contribution >= 4 is 33.4 Å². The number of carbonyl (C=O) groups is 2. The van der Waals surface area contributed by atoms with Gasteiger partial charge in [-0.3, -0.25) is 9.59 Å². The largest absolute Gasteiger partial charge is 0.492 e. The smallest absolute Gasteiger partial charge is 0.259 e. The second kappa shape index (κ2) is 9.24. The molecule has 28 heavy (non-hydrogen) atoms. The zero-order valence-electron chi connectivity index (χ0n) is 16.9. The van der Waals surface area contributed by atoms with Crippen molar-refractivity contribution in [3.63, 3.8) is 0 Å². The van der Waals surface area contributed by atoms with E-state index in [2.05, 4.69) is 26.6 Å². The second-order valence-corrected chi connectivity index (χ2v) is 9.00. The molecule has 0 aromatic heterocycles. The van der Waals surface area contributed by atoms with Crippen LogP contribution in [0.15, 0.2) is 46.9 Å². The third-order valence-corrected chi connectivity index (χ3v) is 4.12. The Hall–Kier alpha value is -2.34. The van der Waals surface area contributed by atoms with Crippen molar-refractivity contribution in [3.8, 4) is 5.75 Å². The van der Waals surface area contributed by atoms with Crippen LogP contribution in [0.3, 0.4) is 0 Å². The Morgan fingerprint density at radius 2 is 1.79 bits per heavy atom. The van der Waals surface area contributed by atoms with Gasteiger partial charge in [-0.05, 0) is 63.1 Å². The highest BCUT2D eigenvalue weighted by molar-refractivity contribution is 9.10. The van der Waals surface area contributed by atoms with Crippen LogP contribution < -0.4 is 15.4 Å². The number of carbonyl (C=O) groups excluding carboxylic acids is 2. The predicted molar refractivity (Wildman–Crippen MR) is 116 cm³/mol. The van der Waals surface area contributed by atoms with Crippen molar-refractivity contribution in [3.05, 3.63) is 58.1 Å².